The van der Waals surface area contributed by atoms with Gasteiger partial charge in [-0.1, -0.05) is 109 Å². The molecule has 0 bridgehead atoms. The number of amides is 4. The zero-order chi connectivity index (χ0) is 46.9. The number of hydrogen-bond donors (Lipinski definition) is 4. The van der Waals surface area contributed by atoms with Crippen molar-refractivity contribution in [1.82, 2.24) is 39.5 Å². The molecule has 4 N–H and O–H groups in total. The van der Waals surface area contributed by atoms with Crippen molar-refractivity contribution in [3.8, 4) is 33.6 Å². The summed E-state index contributed by atoms with van der Waals surface area (Å²) in [5, 5.41) is 20.7. The van der Waals surface area contributed by atoms with Gasteiger partial charge in [0.1, 0.15) is 23.7 Å². The van der Waals surface area contributed by atoms with Crippen LogP contribution >= 0.6 is 0 Å². The standard InChI is InChI=1S/C52H58N8O6/c1-51(2,3)59(49(63)64)43(37-15-9-7-10-16-37)47(61)57-29-13-19-41(57)45-53-31-39(55-45)35-25-21-33(22-26-35)34-23-27-36(28-24-34)40-32-54-46(56-40)42-20-14-30-58(42)48(62)44(38-17-11-8-12-18-38)60(50(65)66)52(4,5)6/h7-12,15-18,21-28,31-32,41-44H,13-14,19-20,29-30H2,1-6H3,(H,53,55)(H,54,56)(H,63,64)(H,65,66)/t41-,42-,43+,44+/m0/s1. The number of nitrogens with one attached hydrogen (secondary N) is 2. The summed E-state index contributed by atoms with van der Waals surface area (Å²) in [5.74, 6) is 0.787. The van der Waals surface area contributed by atoms with E-state index in [1.165, 1.54) is 9.80 Å². The first-order valence-corrected chi connectivity index (χ1v) is 22.6. The van der Waals surface area contributed by atoms with Crippen molar-refractivity contribution in [1.29, 1.82) is 0 Å². The molecule has 8 rings (SSSR count). The van der Waals surface area contributed by atoms with Crippen LogP contribution in [0, 0.1) is 0 Å². The Labute approximate surface area is 385 Å². The summed E-state index contributed by atoms with van der Waals surface area (Å²) >= 11 is 0. The van der Waals surface area contributed by atoms with E-state index < -0.39 is 35.3 Å². The summed E-state index contributed by atoms with van der Waals surface area (Å²) in [5.41, 5.74) is 5.14. The Balaban J connectivity index is 0.956. The van der Waals surface area contributed by atoms with Crippen molar-refractivity contribution >= 4 is 24.0 Å². The van der Waals surface area contributed by atoms with Crippen LogP contribution in [0.3, 0.4) is 0 Å². The number of likely N-dealkylation sites (tertiary alicyclic amines) is 2. The number of carboxylic acid groups (broad SMARTS) is 2. The lowest BCUT2D eigenvalue weighted by Crippen LogP contribution is -2.52. The van der Waals surface area contributed by atoms with Gasteiger partial charge in [0.25, 0.3) is 11.8 Å². The Bertz CT molecular complexity index is 2480. The maximum absolute atomic E-state index is 14.4. The van der Waals surface area contributed by atoms with Gasteiger partial charge in [-0.15, -0.1) is 0 Å². The second-order valence-electron chi connectivity index (χ2n) is 19.2. The number of aromatic amines is 2. The van der Waals surface area contributed by atoms with Crippen LogP contribution in [0.25, 0.3) is 33.6 Å². The average molecular weight is 891 g/mol. The first kappa shape index (κ1) is 45.4. The molecule has 14 heteroatoms. The van der Waals surface area contributed by atoms with Crippen molar-refractivity contribution in [3.63, 3.8) is 0 Å². The van der Waals surface area contributed by atoms with Crippen LogP contribution in [-0.4, -0.2) is 97.9 Å². The summed E-state index contributed by atoms with van der Waals surface area (Å²) in [6.07, 6.45) is 4.21. The number of hydrogen-bond acceptors (Lipinski definition) is 6. The average Bonchev–Trinajstić information content (AvgIpc) is 4.14. The molecule has 2 aromatic heterocycles. The predicted molar refractivity (Wildman–Crippen MR) is 252 cm³/mol. The highest BCUT2D eigenvalue weighted by atomic mass is 16.4. The Hall–Kier alpha value is -7.22. The van der Waals surface area contributed by atoms with E-state index in [4.69, 9.17) is 9.97 Å². The fourth-order valence-electron chi connectivity index (χ4n) is 9.58. The van der Waals surface area contributed by atoms with E-state index in [0.29, 0.717) is 48.7 Å². The van der Waals surface area contributed by atoms with Gasteiger partial charge in [-0.25, -0.2) is 19.6 Å². The Morgan fingerprint density at radius 1 is 0.545 bits per heavy atom. The van der Waals surface area contributed by atoms with Crippen LogP contribution in [0.15, 0.2) is 122 Å². The number of carbonyl (C=O) groups is 4. The maximum Gasteiger partial charge on any atom is 0.408 e. The summed E-state index contributed by atoms with van der Waals surface area (Å²) < 4.78 is 0. The highest BCUT2D eigenvalue weighted by Crippen LogP contribution is 2.40. The van der Waals surface area contributed by atoms with E-state index >= 15 is 0 Å². The molecule has 6 aromatic rings. The third kappa shape index (κ3) is 9.17. The second-order valence-corrected chi connectivity index (χ2v) is 19.2. The molecule has 4 aromatic carbocycles. The lowest BCUT2D eigenvalue weighted by atomic mass is 9.97. The van der Waals surface area contributed by atoms with Gasteiger partial charge in [0.2, 0.25) is 0 Å². The Kier molecular flexibility index (Phi) is 12.6. The Morgan fingerprint density at radius 2 is 0.879 bits per heavy atom. The quantitative estimate of drug-likeness (QED) is 0.0992. The topological polar surface area (TPSA) is 179 Å². The zero-order valence-corrected chi connectivity index (χ0v) is 38.3. The van der Waals surface area contributed by atoms with Gasteiger partial charge in [0.15, 0.2) is 0 Å². The van der Waals surface area contributed by atoms with E-state index in [2.05, 4.69) is 34.2 Å². The Morgan fingerprint density at radius 3 is 1.20 bits per heavy atom. The van der Waals surface area contributed by atoms with Gasteiger partial charge >= 0.3 is 12.2 Å². The third-order valence-corrected chi connectivity index (χ3v) is 12.7. The van der Waals surface area contributed by atoms with Crippen LogP contribution in [0.1, 0.15) is 114 Å². The first-order chi connectivity index (χ1) is 31.5. The van der Waals surface area contributed by atoms with Crippen LogP contribution in [0.5, 0.6) is 0 Å². The lowest BCUT2D eigenvalue weighted by Gasteiger charge is -2.41. The highest BCUT2D eigenvalue weighted by molar-refractivity contribution is 5.88. The van der Waals surface area contributed by atoms with Crippen molar-refractivity contribution in [2.75, 3.05) is 13.1 Å². The zero-order valence-electron chi connectivity index (χ0n) is 38.3. The highest BCUT2D eigenvalue weighted by Gasteiger charge is 2.45. The minimum atomic E-state index is -1.16. The molecule has 66 heavy (non-hydrogen) atoms. The summed E-state index contributed by atoms with van der Waals surface area (Å²) in [6.45, 7) is 11.8. The van der Waals surface area contributed by atoms with E-state index in [0.717, 1.165) is 46.5 Å². The van der Waals surface area contributed by atoms with Crippen molar-refractivity contribution in [2.45, 2.75) is 102 Å². The van der Waals surface area contributed by atoms with Crippen molar-refractivity contribution < 1.29 is 29.4 Å². The van der Waals surface area contributed by atoms with Gasteiger partial charge in [-0.2, -0.15) is 0 Å². The number of carbonyl (C=O) groups excluding carboxylic acids is 2. The maximum atomic E-state index is 14.4. The lowest BCUT2D eigenvalue weighted by molar-refractivity contribution is -0.140. The smallest absolute Gasteiger partial charge is 0.408 e. The normalized spacial score (nSPS) is 17.4. The van der Waals surface area contributed by atoms with Gasteiger partial charge in [-0.05, 0) is 101 Å². The molecule has 14 nitrogen and oxygen atoms in total. The van der Waals surface area contributed by atoms with Crippen LogP contribution in [0.2, 0.25) is 0 Å². The molecule has 2 aliphatic rings. The first-order valence-electron chi connectivity index (χ1n) is 22.6. The van der Waals surface area contributed by atoms with Gasteiger partial charge in [-0.3, -0.25) is 19.4 Å². The van der Waals surface area contributed by atoms with E-state index in [-0.39, 0.29) is 23.9 Å². The SMILES string of the molecule is CC(C)(C)N(C(=O)O)[C@@H](C(=O)N1CCC[C@H]1c1ncc(-c2ccc(-c3ccc(-c4cnc([C@@H]5CCCN5C(=O)[C@@H](c5ccccc5)N(C(=O)O)C(C)(C)C)[nH]4)cc3)cc2)[nH]1)c1ccccc1. The van der Waals surface area contributed by atoms with Crippen molar-refractivity contribution in [2.24, 2.45) is 0 Å². The van der Waals surface area contributed by atoms with E-state index in [1.54, 1.807) is 88.0 Å². The summed E-state index contributed by atoms with van der Waals surface area (Å²) in [7, 11) is 0. The largest absolute Gasteiger partial charge is 0.465 e. The summed E-state index contributed by atoms with van der Waals surface area (Å²) in [4.78, 5) is 76.6. The molecule has 2 fully saturated rings. The molecule has 342 valence electrons. The molecular weight excluding hydrogens is 833 g/mol. The fourth-order valence-corrected chi connectivity index (χ4v) is 9.58. The van der Waals surface area contributed by atoms with Crippen LogP contribution < -0.4 is 0 Å². The predicted octanol–water partition coefficient (Wildman–Crippen LogP) is 10.5. The summed E-state index contributed by atoms with van der Waals surface area (Å²) in [6, 6.07) is 31.9. The van der Waals surface area contributed by atoms with E-state index in [9.17, 15) is 29.4 Å². The number of H-pyrrole nitrogens is 2. The van der Waals surface area contributed by atoms with Crippen LogP contribution in [-0.2, 0) is 9.59 Å². The molecule has 4 amide bonds. The minimum absolute atomic E-state index is 0.269. The number of aromatic nitrogens is 4. The molecule has 0 spiro atoms. The minimum Gasteiger partial charge on any atom is -0.465 e. The molecule has 4 heterocycles. The molecule has 2 aliphatic heterocycles. The number of benzene rings is 4. The third-order valence-electron chi connectivity index (χ3n) is 12.7. The second kappa shape index (κ2) is 18.3. The monoisotopic (exact) mass is 890 g/mol. The fraction of sp³-hybridized carbons (Fsp3) is 0.346. The molecule has 0 aliphatic carbocycles. The van der Waals surface area contributed by atoms with E-state index in [1.807, 2.05) is 60.7 Å². The van der Waals surface area contributed by atoms with Gasteiger partial charge < -0.3 is 30.0 Å². The molecule has 2 saturated heterocycles. The molecule has 0 saturated carbocycles. The molecular formula is C52H58N8O6. The molecule has 0 unspecified atom stereocenters. The number of nitrogens with zero attached hydrogens (tertiary/aromatic N) is 6. The molecule has 0 radical (unpaired) electrons. The molecule has 4 atom stereocenters. The van der Waals surface area contributed by atoms with Gasteiger partial charge in [0, 0.05) is 24.2 Å². The van der Waals surface area contributed by atoms with Crippen molar-refractivity contribution in [3.05, 3.63) is 144 Å². The van der Waals surface area contributed by atoms with Gasteiger partial charge in [0.05, 0.1) is 35.9 Å². The van der Waals surface area contributed by atoms with Crippen LogP contribution in [0.4, 0.5) is 9.59 Å². The number of rotatable bonds is 11. The number of imidazole rings is 2.